The van der Waals surface area contributed by atoms with E-state index >= 15 is 0 Å². The molecular formula is C4H9NO3. The van der Waals surface area contributed by atoms with E-state index < -0.39 is 0 Å². The molecule has 0 aliphatic heterocycles. The molecule has 4 heteroatoms. The quantitative estimate of drug-likeness (QED) is 0.389. The summed E-state index contributed by atoms with van der Waals surface area (Å²) in [5, 5.41) is 7.95. The molecule has 8 heavy (non-hydrogen) atoms. The number of methoxy groups -OCH3 is 1. The SMILES string of the molecule is COC(=O)CCNO. The Morgan fingerprint density at radius 2 is 2.50 bits per heavy atom. The molecule has 0 aliphatic carbocycles. The molecule has 4 nitrogen and oxygen atoms in total. The van der Waals surface area contributed by atoms with Crippen molar-refractivity contribution in [1.29, 1.82) is 0 Å². The van der Waals surface area contributed by atoms with Gasteiger partial charge in [-0.3, -0.25) is 4.79 Å². The van der Waals surface area contributed by atoms with Gasteiger partial charge in [0.2, 0.25) is 0 Å². The number of rotatable bonds is 3. The van der Waals surface area contributed by atoms with Crippen LogP contribution in [0.1, 0.15) is 6.42 Å². The van der Waals surface area contributed by atoms with E-state index in [0.717, 1.165) is 0 Å². The summed E-state index contributed by atoms with van der Waals surface area (Å²) in [7, 11) is 1.31. The summed E-state index contributed by atoms with van der Waals surface area (Å²) in [6.45, 7) is 0.243. The third kappa shape index (κ3) is 3.58. The number of hydrogen-bond acceptors (Lipinski definition) is 4. The van der Waals surface area contributed by atoms with E-state index in [-0.39, 0.29) is 18.9 Å². The molecule has 0 aromatic heterocycles. The maximum Gasteiger partial charge on any atom is 0.306 e. The molecule has 0 unspecified atom stereocenters. The predicted molar refractivity (Wildman–Crippen MR) is 26.4 cm³/mol. The number of ether oxygens (including phenoxy) is 1. The van der Waals surface area contributed by atoms with Crippen LogP contribution in [0.4, 0.5) is 0 Å². The van der Waals surface area contributed by atoms with Gasteiger partial charge in [0.1, 0.15) is 0 Å². The molecule has 0 heterocycles. The Morgan fingerprint density at radius 3 is 2.88 bits per heavy atom. The van der Waals surface area contributed by atoms with Crippen molar-refractivity contribution < 1.29 is 14.7 Å². The molecule has 0 amide bonds. The lowest BCUT2D eigenvalue weighted by Gasteiger charge is -1.94. The lowest BCUT2D eigenvalue weighted by molar-refractivity contribution is -0.140. The third-order valence-electron chi connectivity index (χ3n) is 0.669. The summed E-state index contributed by atoms with van der Waals surface area (Å²) < 4.78 is 4.26. The minimum Gasteiger partial charge on any atom is -0.469 e. The molecule has 0 saturated heterocycles. The van der Waals surface area contributed by atoms with E-state index in [1.54, 1.807) is 0 Å². The maximum absolute atomic E-state index is 10.2. The minimum atomic E-state index is -0.327. The molecule has 0 aliphatic rings. The molecule has 0 aromatic rings. The number of hydrogen-bond donors (Lipinski definition) is 2. The van der Waals surface area contributed by atoms with Gasteiger partial charge >= 0.3 is 5.97 Å². The number of nitrogens with one attached hydrogen (secondary N) is 1. The second-order valence-electron chi connectivity index (χ2n) is 1.23. The molecule has 0 spiro atoms. The zero-order valence-corrected chi connectivity index (χ0v) is 4.68. The third-order valence-corrected chi connectivity index (χ3v) is 0.669. The lowest BCUT2D eigenvalue weighted by atomic mass is 10.4. The van der Waals surface area contributed by atoms with Crippen LogP contribution in [-0.4, -0.2) is 24.8 Å². The van der Waals surface area contributed by atoms with Crippen LogP contribution < -0.4 is 5.48 Å². The number of carbonyl (C=O) groups excluding carboxylic acids is 1. The van der Waals surface area contributed by atoms with Crippen molar-refractivity contribution in [1.82, 2.24) is 5.48 Å². The van der Waals surface area contributed by atoms with Crippen molar-refractivity contribution in [3.8, 4) is 0 Å². The Kier molecular flexibility index (Phi) is 4.20. The molecular weight excluding hydrogens is 110 g/mol. The van der Waals surface area contributed by atoms with Gasteiger partial charge in [0.15, 0.2) is 0 Å². The highest BCUT2D eigenvalue weighted by atomic mass is 16.5. The van der Waals surface area contributed by atoms with Crippen LogP contribution in [0.3, 0.4) is 0 Å². The Bertz CT molecular complexity index is 73.7. The number of esters is 1. The summed E-state index contributed by atoms with van der Waals surface area (Å²) in [5.74, 6) is -0.327. The van der Waals surface area contributed by atoms with Crippen molar-refractivity contribution in [2.24, 2.45) is 0 Å². The van der Waals surface area contributed by atoms with E-state index in [4.69, 9.17) is 5.21 Å². The first-order valence-corrected chi connectivity index (χ1v) is 2.25. The monoisotopic (exact) mass is 119 g/mol. The average molecular weight is 119 g/mol. The highest BCUT2D eigenvalue weighted by molar-refractivity contribution is 5.69. The fourth-order valence-electron chi connectivity index (χ4n) is 0.260. The van der Waals surface area contributed by atoms with Gasteiger partial charge in [0, 0.05) is 6.54 Å². The molecule has 0 radical (unpaired) electrons. The van der Waals surface area contributed by atoms with Gasteiger partial charge in [-0.15, -0.1) is 0 Å². The zero-order valence-electron chi connectivity index (χ0n) is 4.68. The Balaban J connectivity index is 2.99. The van der Waals surface area contributed by atoms with Crippen LogP contribution >= 0.6 is 0 Å². The van der Waals surface area contributed by atoms with Gasteiger partial charge in [-0.1, -0.05) is 0 Å². The molecule has 0 saturated carbocycles. The van der Waals surface area contributed by atoms with E-state index in [2.05, 4.69) is 4.74 Å². The van der Waals surface area contributed by atoms with Gasteiger partial charge in [0.25, 0.3) is 0 Å². The summed E-state index contributed by atoms with van der Waals surface area (Å²) >= 11 is 0. The smallest absolute Gasteiger partial charge is 0.306 e. The molecule has 48 valence electrons. The highest BCUT2D eigenvalue weighted by Gasteiger charge is 1.95. The molecule has 0 fully saturated rings. The van der Waals surface area contributed by atoms with Crippen molar-refractivity contribution in [3.05, 3.63) is 0 Å². The van der Waals surface area contributed by atoms with Gasteiger partial charge < -0.3 is 9.94 Å². The van der Waals surface area contributed by atoms with Crippen molar-refractivity contribution >= 4 is 5.97 Å². The first-order chi connectivity index (χ1) is 3.81. The Morgan fingerprint density at radius 1 is 1.88 bits per heavy atom. The average Bonchev–Trinajstić information content (AvgIpc) is 1.83. The normalized spacial score (nSPS) is 8.75. The van der Waals surface area contributed by atoms with Gasteiger partial charge in [0.05, 0.1) is 13.5 Å². The van der Waals surface area contributed by atoms with Crippen LogP contribution in [0.5, 0.6) is 0 Å². The second kappa shape index (κ2) is 4.55. The van der Waals surface area contributed by atoms with Crippen molar-refractivity contribution in [3.63, 3.8) is 0 Å². The highest BCUT2D eigenvalue weighted by Crippen LogP contribution is 1.78. The topological polar surface area (TPSA) is 58.6 Å². The van der Waals surface area contributed by atoms with E-state index in [9.17, 15) is 4.79 Å². The van der Waals surface area contributed by atoms with Gasteiger partial charge in [-0.25, -0.2) is 5.48 Å². The fraction of sp³-hybridized carbons (Fsp3) is 0.750. The van der Waals surface area contributed by atoms with Crippen LogP contribution in [0.2, 0.25) is 0 Å². The van der Waals surface area contributed by atoms with E-state index in [0.29, 0.717) is 0 Å². The summed E-state index contributed by atoms with van der Waals surface area (Å²) in [6.07, 6.45) is 0.201. The van der Waals surface area contributed by atoms with Crippen LogP contribution in [0.25, 0.3) is 0 Å². The van der Waals surface area contributed by atoms with Gasteiger partial charge in [-0.05, 0) is 0 Å². The minimum absolute atomic E-state index is 0.201. The first kappa shape index (κ1) is 7.39. The van der Waals surface area contributed by atoms with E-state index in [1.165, 1.54) is 7.11 Å². The number of carbonyl (C=O) groups is 1. The zero-order chi connectivity index (χ0) is 6.41. The number of hydroxylamine groups is 1. The molecule has 0 rings (SSSR count). The summed E-state index contributed by atoms with van der Waals surface area (Å²) in [6, 6.07) is 0. The summed E-state index contributed by atoms with van der Waals surface area (Å²) in [5.41, 5.74) is 1.83. The molecule has 0 atom stereocenters. The predicted octanol–water partition coefficient (Wildman–Crippen LogP) is -0.472. The van der Waals surface area contributed by atoms with Crippen LogP contribution in [-0.2, 0) is 9.53 Å². The lowest BCUT2D eigenvalue weighted by Crippen LogP contribution is -2.14. The van der Waals surface area contributed by atoms with E-state index in [1.807, 2.05) is 5.48 Å². The standard InChI is InChI=1S/C4H9NO3/c1-8-4(6)2-3-5-7/h5,7H,2-3H2,1H3. The summed E-state index contributed by atoms with van der Waals surface area (Å²) in [4.78, 5) is 10.2. The largest absolute Gasteiger partial charge is 0.469 e. The molecule has 2 N–H and O–H groups in total. The Hall–Kier alpha value is -0.610. The van der Waals surface area contributed by atoms with Crippen LogP contribution in [0.15, 0.2) is 0 Å². The van der Waals surface area contributed by atoms with Gasteiger partial charge in [-0.2, -0.15) is 0 Å². The Labute approximate surface area is 47.4 Å². The fourth-order valence-corrected chi connectivity index (χ4v) is 0.260. The second-order valence-corrected chi connectivity index (χ2v) is 1.23. The van der Waals surface area contributed by atoms with Crippen molar-refractivity contribution in [2.75, 3.05) is 13.7 Å². The first-order valence-electron chi connectivity index (χ1n) is 2.25. The van der Waals surface area contributed by atoms with Crippen molar-refractivity contribution in [2.45, 2.75) is 6.42 Å². The van der Waals surface area contributed by atoms with Crippen LogP contribution in [0, 0.1) is 0 Å². The maximum atomic E-state index is 10.2. The molecule has 0 bridgehead atoms. The molecule has 0 aromatic carbocycles.